The van der Waals surface area contributed by atoms with Crippen LogP contribution in [-0.4, -0.2) is 86.3 Å². The van der Waals surface area contributed by atoms with Crippen molar-refractivity contribution >= 4 is 41.4 Å². The molecular weight excluding hydrogens is 556 g/mol. The van der Waals surface area contributed by atoms with Gasteiger partial charge in [0.2, 0.25) is 17.7 Å². The van der Waals surface area contributed by atoms with Crippen molar-refractivity contribution in [3.63, 3.8) is 0 Å². The molecule has 0 fully saturated rings. The van der Waals surface area contributed by atoms with Gasteiger partial charge in [-0.05, 0) is 53.8 Å². The molecule has 0 saturated carbocycles. The lowest BCUT2D eigenvalue weighted by molar-refractivity contribution is -0.142. The molecule has 2 aromatic rings. The number of amides is 3. The fourth-order valence-corrected chi connectivity index (χ4v) is 4.22. The third kappa shape index (κ3) is 11.4. The molecule has 14 heteroatoms. The van der Waals surface area contributed by atoms with Gasteiger partial charge in [-0.2, -0.15) is 11.8 Å². The Balaban J connectivity index is 2.26. The van der Waals surface area contributed by atoms with E-state index in [4.69, 9.17) is 10.8 Å². The van der Waals surface area contributed by atoms with Crippen molar-refractivity contribution in [2.75, 3.05) is 12.0 Å². The number of phenolic OH excluding ortho intramolecular Hbond substituents is 2. The topological polar surface area (TPSA) is 228 Å². The van der Waals surface area contributed by atoms with Gasteiger partial charge in [0.1, 0.15) is 29.6 Å². The zero-order valence-corrected chi connectivity index (χ0v) is 23.1. The van der Waals surface area contributed by atoms with Crippen molar-refractivity contribution in [1.29, 1.82) is 0 Å². The van der Waals surface area contributed by atoms with Crippen LogP contribution in [0.5, 0.6) is 11.5 Å². The van der Waals surface area contributed by atoms with Crippen molar-refractivity contribution in [3.8, 4) is 11.5 Å². The molecule has 4 atom stereocenters. The first-order valence-electron chi connectivity index (χ1n) is 12.6. The van der Waals surface area contributed by atoms with Crippen molar-refractivity contribution in [1.82, 2.24) is 16.0 Å². The minimum absolute atomic E-state index is 0.00614. The third-order valence-corrected chi connectivity index (χ3v) is 6.62. The molecule has 0 aliphatic carbocycles. The molecule has 0 spiro atoms. The molecule has 9 N–H and O–H groups in total. The maximum absolute atomic E-state index is 13.3. The summed E-state index contributed by atoms with van der Waals surface area (Å²) in [4.78, 5) is 61.9. The molecule has 0 aromatic heterocycles. The summed E-state index contributed by atoms with van der Waals surface area (Å²) in [7, 11) is 0. The van der Waals surface area contributed by atoms with Crippen LogP contribution in [0, 0.1) is 0 Å². The number of carbonyl (C=O) groups is 5. The summed E-state index contributed by atoms with van der Waals surface area (Å²) in [5, 5.41) is 45.2. The second kappa shape index (κ2) is 16.1. The number of thioether (sulfide) groups is 1. The number of hydrogen-bond acceptors (Lipinski definition) is 9. The second-order valence-corrected chi connectivity index (χ2v) is 10.2. The van der Waals surface area contributed by atoms with E-state index in [0.29, 0.717) is 16.9 Å². The van der Waals surface area contributed by atoms with E-state index in [9.17, 15) is 39.3 Å². The lowest BCUT2D eigenvalue weighted by Crippen LogP contribution is -2.58. The van der Waals surface area contributed by atoms with E-state index in [-0.39, 0.29) is 30.8 Å². The monoisotopic (exact) mass is 590 g/mol. The quantitative estimate of drug-likeness (QED) is 0.129. The Labute approximate surface area is 240 Å². The van der Waals surface area contributed by atoms with Crippen LogP contribution < -0.4 is 21.7 Å². The Morgan fingerprint density at radius 1 is 0.732 bits per heavy atom. The smallest absolute Gasteiger partial charge is 0.326 e. The van der Waals surface area contributed by atoms with Crippen LogP contribution in [0.1, 0.15) is 24.0 Å². The lowest BCUT2D eigenvalue weighted by Gasteiger charge is -2.25. The van der Waals surface area contributed by atoms with Crippen LogP contribution in [-0.2, 0) is 36.8 Å². The zero-order chi connectivity index (χ0) is 30.5. The van der Waals surface area contributed by atoms with Gasteiger partial charge in [0.05, 0.1) is 12.5 Å². The van der Waals surface area contributed by atoms with Gasteiger partial charge in [0.25, 0.3) is 0 Å². The highest BCUT2D eigenvalue weighted by Crippen LogP contribution is 2.14. The van der Waals surface area contributed by atoms with Crippen molar-refractivity contribution < 1.29 is 44.4 Å². The fourth-order valence-electron chi connectivity index (χ4n) is 3.75. The Morgan fingerprint density at radius 2 is 1.17 bits per heavy atom. The van der Waals surface area contributed by atoms with E-state index in [0.717, 1.165) is 0 Å². The molecule has 0 saturated heterocycles. The van der Waals surface area contributed by atoms with Crippen LogP contribution in [0.3, 0.4) is 0 Å². The number of nitrogens with one attached hydrogen (secondary N) is 3. The highest BCUT2D eigenvalue weighted by molar-refractivity contribution is 7.98. The summed E-state index contributed by atoms with van der Waals surface area (Å²) in [6.45, 7) is 0. The molecule has 4 unspecified atom stereocenters. The molecule has 0 aliphatic rings. The average Bonchev–Trinajstić information content (AvgIpc) is 2.91. The molecule has 2 aromatic carbocycles. The molecule has 13 nitrogen and oxygen atoms in total. The van der Waals surface area contributed by atoms with Gasteiger partial charge in [-0.1, -0.05) is 24.3 Å². The standard InChI is InChI=1S/C27H34N4O9S/c1-41-11-10-20(29-24(36)19(28)14-23(34)35)25(37)30-21(12-15-2-6-17(32)7-3-15)26(38)31-22(27(39)40)13-16-4-8-18(33)9-5-16/h2-9,19-22,32-33H,10-14,28H2,1H3,(H,29,36)(H,30,37)(H,31,38)(H,34,35)(H,39,40). The Kier molecular flexibility index (Phi) is 12.9. The number of rotatable bonds is 16. The number of phenols is 2. The third-order valence-electron chi connectivity index (χ3n) is 5.97. The summed E-state index contributed by atoms with van der Waals surface area (Å²) in [5.41, 5.74) is 6.71. The van der Waals surface area contributed by atoms with Crippen molar-refractivity contribution in [2.45, 2.75) is 49.9 Å². The van der Waals surface area contributed by atoms with Crippen LogP contribution in [0.2, 0.25) is 0 Å². The predicted molar refractivity (Wildman–Crippen MR) is 150 cm³/mol. The number of nitrogens with two attached hydrogens (primary N) is 1. The van der Waals surface area contributed by atoms with E-state index in [1.54, 1.807) is 6.26 Å². The first-order valence-corrected chi connectivity index (χ1v) is 13.9. The van der Waals surface area contributed by atoms with E-state index in [2.05, 4.69) is 16.0 Å². The SMILES string of the molecule is CSCCC(NC(=O)C(N)CC(=O)O)C(=O)NC(Cc1ccc(O)cc1)C(=O)NC(Cc1ccc(O)cc1)C(=O)O. The van der Waals surface area contributed by atoms with Gasteiger partial charge >= 0.3 is 11.9 Å². The highest BCUT2D eigenvalue weighted by Gasteiger charge is 2.31. The van der Waals surface area contributed by atoms with Crippen LogP contribution >= 0.6 is 11.8 Å². The van der Waals surface area contributed by atoms with E-state index < -0.39 is 60.2 Å². The summed E-state index contributed by atoms with van der Waals surface area (Å²) in [6.07, 6.45) is 1.10. The molecule has 0 bridgehead atoms. The maximum Gasteiger partial charge on any atom is 0.326 e. The number of carbonyl (C=O) groups excluding carboxylic acids is 3. The largest absolute Gasteiger partial charge is 0.508 e. The number of aromatic hydroxyl groups is 2. The Hall–Kier alpha value is -4.30. The molecule has 222 valence electrons. The number of hydrogen-bond donors (Lipinski definition) is 8. The molecule has 0 radical (unpaired) electrons. The van der Waals surface area contributed by atoms with E-state index in [1.165, 1.54) is 60.3 Å². The van der Waals surface area contributed by atoms with E-state index >= 15 is 0 Å². The van der Waals surface area contributed by atoms with Gasteiger partial charge in [-0.15, -0.1) is 0 Å². The van der Waals surface area contributed by atoms with Crippen LogP contribution in [0.25, 0.3) is 0 Å². The first-order chi connectivity index (χ1) is 19.4. The van der Waals surface area contributed by atoms with Gasteiger partial charge in [-0.25, -0.2) is 4.79 Å². The van der Waals surface area contributed by atoms with E-state index in [1.807, 2.05) is 0 Å². The number of carboxylic acid groups (broad SMARTS) is 2. The molecule has 2 rings (SSSR count). The maximum atomic E-state index is 13.3. The molecule has 3 amide bonds. The molecular formula is C27H34N4O9S. The Bertz CT molecular complexity index is 1210. The fraction of sp³-hybridized carbons (Fsp3) is 0.370. The van der Waals surface area contributed by atoms with Crippen molar-refractivity contribution in [2.24, 2.45) is 5.73 Å². The number of carboxylic acids is 2. The van der Waals surface area contributed by atoms with Crippen LogP contribution in [0.4, 0.5) is 0 Å². The highest BCUT2D eigenvalue weighted by atomic mass is 32.2. The minimum Gasteiger partial charge on any atom is -0.508 e. The molecule has 0 heterocycles. The number of benzene rings is 2. The summed E-state index contributed by atoms with van der Waals surface area (Å²) < 4.78 is 0. The molecule has 41 heavy (non-hydrogen) atoms. The lowest BCUT2D eigenvalue weighted by atomic mass is 10.0. The van der Waals surface area contributed by atoms with Crippen molar-refractivity contribution in [3.05, 3.63) is 59.7 Å². The average molecular weight is 591 g/mol. The van der Waals surface area contributed by atoms with Gasteiger partial charge in [0, 0.05) is 12.8 Å². The normalized spacial score (nSPS) is 13.7. The Morgan fingerprint density at radius 3 is 1.63 bits per heavy atom. The predicted octanol–water partition coefficient (Wildman–Crippen LogP) is -0.0229. The van der Waals surface area contributed by atoms with Gasteiger partial charge in [-0.3, -0.25) is 19.2 Å². The number of aliphatic carboxylic acids is 2. The minimum atomic E-state index is -1.40. The summed E-state index contributed by atoms with van der Waals surface area (Å²) in [6, 6.07) is 6.44. The summed E-state index contributed by atoms with van der Waals surface area (Å²) >= 11 is 1.40. The first kappa shape index (κ1) is 32.9. The molecule has 0 aliphatic heterocycles. The second-order valence-electron chi connectivity index (χ2n) is 9.25. The van der Waals surface area contributed by atoms with Gasteiger partial charge < -0.3 is 42.1 Å². The van der Waals surface area contributed by atoms with Gasteiger partial charge in [0.15, 0.2) is 0 Å². The summed E-state index contributed by atoms with van der Waals surface area (Å²) in [5.74, 6) is -4.61. The zero-order valence-electron chi connectivity index (χ0n) is 22.3. The van der Waals surface area contributed by atoms with Crippen LogP contribution in [0.15, 0.2) is 48.5 Å².